The van der Waals surface area contributed by atoms with Crippen molar-refractivity contribution >= 4 is 10.9 Å². The number of likely N-dealkylation sites (tertiary alicyclic amines) is 1. The molecule has 102 valence electrons. The van der Waals surface area contributed by atoms with E-state index in [0.29, 0.717) is 0 Å². The van der Waals surface area contributed by atoms with Crippen molar-refractivity contribution in [2.75, 3.05) is 19.6 Å². The smallest absolute Gasteiger partial charge is 0.0459 e. The fraction of sp³-hybridized carbons (Fsp3) is 0.500. The van der Waals surface area contributed by atoms with Crippen molar-refractivity contribution < 1.29 is 0 Å². The van der Waals surface area contributed by atoms with E-state index in [1.165, 1.54) is 48.1 Å². The second kappa shape index (κ2) is 5.35. The maximum atomic E-state index is 5.76. The van der Waals surface area contributed by atoms with E-state index in [4.69, 9.17) is 5.73 Å². The van der Waals surface area contributed by atoms with Crippen molar-refractivity contribution in [3.05, 3.63) is 35.5 Å². The van der Waals surface area contributed by atoms with E-state index in [1.54, 1.807) is 0 Å². The Bertz CT molecular complexity index is 550. The van der Waals surface area contributed by atoms with Gasteiger partial charge in [0.05, 0.1) is 0 Å². The van der Waals surface area contributed by atoms with E-state index >= 15 is 0 Å². The van der Waals surface area contributed by atoms with E-state index in [-0.39, 0.29) is 0 Å². The Kier molecular flexibility index (Phi) is 3.58. The molecule has 3 heteroatoms. The summed E-state index contributed by atoms with van der Waals surface area (Å²) in [4.78, 5) is 5.98. The lowest BCUT2D eigenvalue weighted by molar-refractivity contribution is 0.181. The third kappa shape index (κ3) is 2.67. The van der Waals surface area contributed by atoms with Gasteiger partial charge in [-0.15, -0.1) is 0 Å². The number of fused-ring (bicyclic) bond motifs is 1. The first-order valence-corrected chi connectivity index (χ1v) is 7.26. The Morgan fingerprint density at radius 2 is 2.11 bits per heavy atom. The van der Waals surface area contributed by atoms with Gasteiger partial charge in [0, 0.05) is 23.1 Å². The van der Waals surface area contributed by atoms with Gasteiger partial charge < -0.3 is 10.7 Å². The Morgan fingerprint density at radius 3 is 2.84 bits per heavy atom. The van der Waals surface area contributed by atoms with Crippen LogP contribution in [0, 0.1) is 12.8 Å². The molecule has 1 fully saturated rings. The van der Waals surface area contributed by atoms with E-state index < -0.39 is 0 Å². The van der Waals surface area contributed by atoms with Crippen molar-refractivity contribution in [1.29, 1.82) is 0 Å². The molecule has 2 heterocycles. The highest BCUT2D eigenvalue weighted by Gasteiger charge is 2.18. The van der Waals surface area contributed by atoms with Crippen LogP contribution >= 0.6 is 0 Å². The van der Waals surface area contributed by atoms with Crippen LogP contribution in [-0.2, 0) is 6.54 Å². The average molecular weight is 257 g/mol. The number of hydrogen-bond donors (Lipinski definition) is 2. The molecule has 0 unspecified atom stereocenters. The number of benzene rings is 1. The van der Waals surface area contributed by atoms with Crippen molar-refractivity contribution in [2.24, 2.45) is 11.7 Å². The van der Waals surface area contributed by atoms with Crippen LogP contribution in [0.15, 0.2) is 24.3 Å². The molecule has 0 aliphatic carbocycles. The molecule has 0 bridgehead atoms. The topological polar surface area (TPSA) is 45.0 Å². The van der Waals surface area contributed by atoms with Gasteiger partial charge in [-0.3, -0.25) is 4.90 Å². The summed E-state index contributed by atoms with van der Waals surface area (Å²) >= 11 is 0. The number of aromatic nitrogens is 1. The first-order chi connectivity index (χ1) is 9.26. The molecule has 0 atom stereocenters. The van der Waals surface area contributed by atoms with Crippen LogP contribution in [0.2, 0.25) is 0 Å². The van der Waals surface area contributed by atoms with Crippen LogP contribution in [0.25, 0.3) is 10.9 Å². The largest absolute Gasteiger partial charge is 0.359 e. The van der Waals surface area contributed by atoms with E-state index in [0.717, 1.165) is 19.0 Å². The molecule has 0 saturated carbocycles. The van der Waals surface area contributed by atoms with E-state index in [1.807, 2.05) is 0 Å². The maximum absolute atomic E-state index is 5.76. The Morgan fingerprint density at radius 1 is 1.32 bits per heavy atom. The van der Waals surface area contributed by atoms with Gasteiger partial charge in [0.25, 0.3) is 0 Å². The summed E-state index contributed by atoms with van der Waals surface area (Å²) in [6.07, 6.45) is 2.50. The maximum Gasteiger partial charge on any atom is 0.0459 e. The lowest BCUT2D eigenvalue weighted by Crippen LogP contribution is -2.35. The first-order valence-electron chi connectivity index (χ1n) is 7.26. The van der Waals surface area contributed by atoms with Gasteiger partial charge in [0.15, 0.2) is 0 Å². The molecule has 2 aromatic rings. The Hall–Kier alpha value is -1.32. The molecule has 19 heavy (non-hydrogen) atoms. The minimum Gasteiger partial charge on any atom is -0.359 e. The monoisotopic (exact) mass is 257 g/mol. The van der Waals surface area contributed by atoms with Gasteiger partial charge in [0.2, 0.25) is 0 Å². The van der Waals surface area contributed by atoms with Crippen LogP contribution in [0.1, 0.15) is 24.1 Å². The van der Waals surface area contributed by atoms with Crippen LogP contribution in [0.3, 0.4) is 0 Å². The standard InChI is InChI=1S/C16H23N3/c1-12-9-15-14(3-2-4-16(15)18-12)11-19-7-5-13(10-17)6-8-19/h2-4,9,13,18H,5-8,10-11,17H2,1H3. The van der Waals surface area contributed by atoms with Crippen molar-refractivity contribution in [3.63, 3.8) is 0 Å². The zero-order chi connectivity index (χ0) is 13.2. The number of aryl methyl sites for hydroxylation is 1. The fourth-order valence-electron chi connectivity index (χ4n) is 3.12. The van der Waals surface area contributed by atoms with Gasteiger partial charge >= 0.3 is 0 Å². The summed E-state index contributed by atoms with van der Waals surface area (Å²) < 4.78 is 0. The lowest BCUT2D eigenvalue weighted by Gasteiger charge is -2.31. The Labute approximate surface area is 114 Å². The molecule has 1 aromatic heterocycles. The number of nitrogens with zero attached hydrogens (tertiary/aromatic N) is 1. The molecule has 3 N–H and O–H groups in total. The van der Waals surface area contributed by atoms with Crippen LogP contribution < -0.4 is 5.73 Å². The van der Waals surface area contributed by atoms with Crippen molar-refractivity contribution in [2.45, 2.75) is 26.3 Å². The summed E-state index contributed by atoms with van der Waals surface area (Å²) in [5.74, 6) is 0.738. The second-order valence-corrected chi connectivity index (χ2v) is 5.79. The van der Waals surface area contributed by atoms with Crippen LogP contribution in [0.5, 0.6) is 0 Å². The van der Waals surface area contributed by atoms with E-state index in [9.17, 15) is 0 Å². The van der Waals surface area contributed by atoms with Crippen LogP contribution in [0.4, 0.5) is 0 Å². The number of hydrogen-bond acceptors (Lipinski definition) is 2. The molecule has 0 amide bonds. The third-order valence-electron chi connectivity index (χ3n) is 4.32. The molecule has 1 aromatic carbocycles. The SMILES string of the molecule is Cc1cc2c(CN3CCC(CN)CC3)cccc2[nH]1. The first kappa shape index (κ1) is 12.7. The fourth-order valence-corrected chi connectivity index (χ4v) is 3.12. The average Bonchev–Trinajstić information content (AvgIpc) is 2.81. The summed E-state index contributed by atoms with van der Waals surface area (Å²) in [7, 11) is 0. The highest BCUT2D eigenvalue weighted by Crippen LogP contribution is 2.23. The minimum atomic E-state index is 0.738. The molecule has 3 nitrogen and oxygen atoms in total. The number of rotatable bonds is 3. The predicted molar refractivity (Wildman–Crippen MR) is 80.1 cm³/mol. The van der Waals surface area contributed by atoms with Crippen molar-refractivity contribution in [3.8, 4) is 0 Å². The highest BCUT2D eigenvalue weighted by molar-refractivity contribution is 5.83. The number of aromatic amines is 1. The highest BCUT2D eigenvalue weighted by atomic mass is 15.1. The minimum absolute atomic E-state index is 0.738. The normalized spacial score (nSPS) is 18.2. The van der Waals surface area contributed by atoms with Gasteiger partial charge in [-0.1, -0.05) is 12.1 Å². The molecule has 0 radical (unpaired) electrons. The number of piperidine rings is 1. The van der Waals surface area contributed by atoms with Crippen molar-refractivity contribution in [1.82, 2.24) is 9.88 Å². The number of H-pyrrole nitrogens is 1. The summed E-state index contributed by atoms with van der Waals surface area (Å²) in [5, 5.41) is 1.38. The molecule has 1 saturated heterocycles. The van der Waals surface area contributed by atoms with Gasteiger partial charge in [-0.05, 0) is 63.0 Å². The quantitative estimate of drug-likeness (QED) is 0.888. The Balaban J connectivity index is 1.75. The summed E-state index contributed by atoms with van der Waals surface area (Å²) in [5.41, 5.74) is 9.69. The summed E-state index contributed by atoms with van der Waals surface area (Å²) in [6, 6.07) is 8.83. The number of nitrogens with one attached hydrogen (secondary N) is 1. The third-order valence-corrected chi connectivity index (χ3v) is 4.32. The van der Waals surface area contributed by atoms with Gasteiger partial charge in [-0.2, -0.15) is 0 Å². The zero-order valence-corrected chi connectivity index (χ0v) is 11.7. The second-order valence-electron chi connectivity index (χ2n) is 5.79. The van der Waals surface area contributed by atoms with E-state index in [2.05, 4.69) is 41.1 Å². The van der Waals surface area contributed by atoms with Gasteiger partial charge in [0.1, 0.15) is 0 Å². The molecule has 0 spiro atoms. The molecular weight excluding hydrogens is 234 g/mol. The zero-order valence-electron chi connectivity index (χ0n) is 11.7. The number of nitrogens with two attached hydrogens (primary N) is 1. The van der Waals surface area contributed by atoms with Crippen LogP contribution in [-0.4, -0.2) is 29.5 Å². The van der Waals surface area contributed by atoms with Gasteiger partial charge in [-0.25, -0.2) is 0 Å². The molecule has 3 rings (SSSR count). The molecular formula is C16H23N3. The summed E-state index contributed by atoms with van der Waals surface area (Å²) in [6.45, 7) is 6.40. The predicted octanol–water partition coefficient (Wildman–Crippen LogP) is 2.65. The molecule has 1 aliphatic heterocycles. The molecule has 1 aliphatic rings. The lowest BCUT2D eigenvalue weighted by atomic mass is 9.96.